The van der Waals surface area contributed by atoms with Gasteiger partial charge in [0.1, 0.15) is 72.2 Å². The summed E-state index contributed by atoms with van der Waals surface area (Å²) >= 11 is 0. The molecule has 0 unspecified atom stereocenters. The normalized spacial score (nSPS) is 33.3. The minimum atomic E-state index is -1.78. The van der Waals surface area contributed by atoms with E-state index in [1.165, 1.54) is 36.4 Å². The molecule has 8 N–H and O–H groups in total. The van der Waals surface area contributed by atoms with Crippen molar-refractivity contribution < 1.29 is 59.5 Å². The molecule has 2 aliphatic rings. The van der Waals surface area contributed by atoms with Crippen LogP contribution in [0.5, 0.6) is 11.5 Å². The number of hydrogen-bond acceptors (Lipinski definition) is 13. The number of ether oxygens (including phenoxy) is 3. The molecule has 0 spiro atoms. The highest BCUT2D eigenvalue weighted by Gasteiger charge is 2.47. The second-order valence-corrected chi connectivity index (χ2v) is 9.55. The summed E-state index contributed by atoms with van der Waals surface area (Å²) in [5, 5.41) is 81.6. The van der Waals surface area contributed by atoms with Crippen molar-refractivity contribution in [3.05, 3.63) is 58.4 Å². The zero-order valence-corrected chi connectivity index (χ0v) is 20.3. The van der Waals surface area contributed by atoms with Crippen molar-refractivity contribution in [3.63, 3.8) is 0 Å². The van der Waals surface area contributed by atoms with Crippen molar-refractivity contribution in [1.82, 2.24) is 0 Å². The first-order valence-electron chi connectivity index (χ1n) is 12.1. The van der Waals surface area contributed by atoms with Crippen LogP contribution in [0.1, 0.15) is 11.7 Å². The van der Waals surface area contributed by atoms with Gasteiger partial charge in [-0.1, -0.05) is 12.1 Å². The van der Waals surface area contributed by atoms with E-state index in [0.29, 0.717) is 5.56 Å². The van der Waals surface area contributed by atoms with Crippen molar-refractivity contribution in [3.8, 4) is 22.6 Å². The van der Waals surface area contributed by atoms with Crippen LogP contribution in [0.25, 0.3) is 22.1 Å². The Bertz CT molecular complexity index is 1370. The number of phenols is 2. The maximum absolute atomic E-state index is 13.3. The molecule has 9 atom stereocenters. The zero-order valence-electron chi connectivity index (χ0n) is 20.3. The van der Waals surface area contributed by atoms with Crippen molar-refractivity contribution in [2.24, 2.45) is 0 Å². The van der Waals surface area contributed by atoms with Gasteiger partial charge in [-0.3, -0.25) is 4.79 Å². The Kier molecular flexibility index (Phi) is 7.61. The van der Waals surface area contributed by atoms with Crippen LogP contribution in [0, 0.1) is 0 Å². The number of aliphatic hydroxyl groups is 6. The van der Waals surface area contributed by atoms with E-state index < -0.39 is 72.9 Å². The first-order valence-corrected chi connectivity index (χ1v) is 12.1. The van der Waals surface area contributed by atoms with Gasteiger partial charge in [0.15, 0.2) is 6.29 Å². The third kappa shape index (κ3) is 5.00. The van der Waals surface area contributed by atoms with Crippen molar-refractivity contribution in [1.29, 1.82) is 0 Å². The fourth-order valence-electron chi connectivity index (χ4n) is 4.77. The topological polar surface area (TPSA) is 220 Å². The van der Waals surface area contributed by atoms with Gasteiger partial charge in [0.2, 0.25) is 5.43 Å². The Labute approximate surface area is 220 Å². The minimum absolute atomic E-state index is 0.0113. The number of aliphatic hydroxyl groups excluding tert-OH is 6. The van der Waals surface area contributed by atoms with Crippen molar-refractivity contribution in [2.75, 3.05) is 13.2 Å². The average Bonchev–Trinajstić information content (AvgIpc) is 2.92. The molecule has 2 fully saturated rings. The summed E-state index contributed by atoms with van der Waals surface area (Å²) in [5.41, 5.74) is -0.120. The average molecular weight is 548 g/mol. The lowest BCUT2D eigenvalue weighted by Gasteiger charge is -2.42. The molecular weight excluding hydrogens is 520 g/mol. The molecule has 13 heteroatoms. The first-order chi connectivity index (χ1) is 18.6. The number of rotatable bonds is 5. The van der Waals surface area contributed by atoms with E-state index in [2.05, 4.69) is 0 Å². The molecule has 0 aliphatic carbocycles. The minimum Gasteiger partial charge on any atom is -0.508 e. The highest BCUT2D eigenvalue weighted by atomic mass is 16.7. The Morgan fingerprint density at radius 1 is 0.846 bits per heavy atom. The van der Waals surface area contributed by atoms with Crippen LogP contribution in [-0.2, 0) is 14.2 Å². The van der Waals surface area contributed by atoms with E-state index >= 15 is 0 Å². The summed E-state index contributed by atoms with van der Waals surface area (Å²) in [7, 11) is 0. The van der Waals surface area contributed by atoms with Gasteiger partial charge in [-0.05, 0) is 29.8 Å². The van der Waals surface area contributed by atoms with Crippen LogP contribution in [0.15, 0.2) is 51.9 Å². The van der Waals surface area contributed by atoms with Gasteiger partial charge in [-0.15, -0.1) is 0 Å². The fraction of sp³-hybridized carbons (Fsp3) is 0.423. The molecule has 13 nitrogen and oxygen atoms in total. The Morgan fingerprint density at radius 2 is 1.56 bits per heavy atom. The molecule has 0 amide bonds. The lowest BCUT2D eigenvalue weighted by molar-refractivity contribution is -0.291. The highest BCUT2D eigenvalue weighted by molar-refractivity contribution is 5.86. The van der Waals surface area contributed by atoms with Gasteiger partial charge in [0, 0.05) is 0 Å². The van der Waals surface area contributed by atoms with Crippen LogP contribution in [-0.4, -0.2) is 103 Å². The second-order valence-electron chi connectivity index (χ2n) is 9.55. The maximum Gasteiger partial charge on any atom is 0.200 e. The van der Waals surface area contributed by atoms with E-state index in [1.807, 2.05) is 0 Å². The van der Waals surface area contributed by atoms with Gasteiger partial charge in [-0.2, -0.15) is 0 Å². The third-order valence-corrected chi connectivity index (χ3v) is 7.01. The lowest BCUT2D eigenvalue weighted by atomic mass is 9.89. The first kappa shape index (κ1) is 27.5. The third-order valence-electron chi connectivity index (χ3n) is 7.01. The number of hydrogen-bond donors (Lipinski definition) is 8. The van der Waals surface area contributed by atoms with Crippen LogP contribution < -0.4 is 5.43 Å². The molecule has 3 aromatic rings. The van der Waals surface area contributed by atoms with Gasteiger partial charge >= 0.3 is 0 Å². The summed E-state index contributed by atoms with van der Waals surface area (Å²) < 4.78 is 22.1. The molecule has 3 heterocycles. The molecule has 1 aromatic heterocycles. The van der Waals surface area contributed by atoms with E-state index in [4.69, 9.17) is 18.6 Å². The highest BCUT2D eigenvalue weighted by Crippen LogP contribution is 2.41. The van der Waals surface area contributed by atoms with E-state index in [-0.39, 0.29) is 34.5 Å². The number of phenolic OH excluding ortho intramolecular Hbond substituents is 2. The molecule has 0 bridgehead atoms. The Balaban J connectivity index is 1.45. The second kappa shape index (κ2) is 10.8. The van der Waals surface area contributed by atoms with Crippen molar-refractivity contribution >= 4 is 11.0 Å². The van der Waals surface area contributed by atoms with E-state index in [9.17, 15) is 45.6 Å². The van der Waals surface area contributed by atoms with Crippen LogP contribution in [0.2, 0.25) is 0 Å². The van der Waals surface area contributed by atoms with Gasteiger partial charge in [0.25, 0.3) is 0 Å². The summed E-state index contributed by atoms with van der Waals surface area (Å²) in [6.07, 6.45) is -12.7. The molecule has 2 aliphatic heterocycles. The van der Waals surface area contributed by atoms with Crippen LogP contribution in [0.4, 0.5) is 0 Å². The van der Waals surface area contributed by atoms with E-state index in [0.717, 1.165) is 6.26 Å². The van der Waals surface area contributed by atoms with Gasteiger partial charge in [-0.25, -0.2) is 0 Å². The van der Waals surface area contributed by atoms with Gasteiger partial charge in [0.05, 0.1) is 29.7 Å². The van der Waals surface area contributed by atoms with Crippen molar-refractivity contribution in [2.45, 2.75) is 55.1 Å². The quantitative estimate of drug-likeness (QED) is 0.189. The maximum atomic E-state index is 13.3. The number of aromatic hydroxyl groups is 2. The summed E-state index contributed by atoms with van der Waals surface area (Å²) in [6, 6.07) is 8.39. The molecule has 5 rings (SSSR count). The molecule has 2 aromatic carbocycles. The van der Waals surface area contributed by atoms with Gasteiger partial charge < -0.3 is 59.5 Å². The fourth-order valence-corrected chi connectivity index (χ4v) is 4.77. The molecule has 0 saturated carbocycles. The monoisotopic (exact) mass is 548 g/mol. The molecule has 210 valence electrons. The van der Waals surface area contributed by atoms with E-state index in [1.54, 1.807) is 0 Å². The molecule has 0 radical (unpaired) electrons. The SMILES string of the molecule is O=c1c(-c2ccc(O)cc2)coc2c([C@H]3O[C@@H](CO[C@H]4OC[C@H](O)[C@@H](O)[C@@H]4O)[C@H](O)[C@@H](O)[C@@H]3O)c(O)ccc12. The smallest absolute Gasteiger partial charge is 0.200 e. The standard InChI is InChI=1S/C26H28O13/c27-11-3-1-10(2-4-11)13-7-36-24-12(18(13)30)5-6-14(28)17(24)25-22(34)21(33)20(32)16(39-25)9-38-26-23(35)19(31)15(29)8-37-26/h1-7,15-16,19-23,25-29,31-35H,8-9H2/t15-,16-,19+,20-,21+,22-,23-,25+,26+/m0/s1. The number of fused-ring (bicyclic) bond motifs is 1. The summed E-state index contributed by atoms with van der Waals surface area (Å²) in [4.78, 5) is 13.3. The predicted molar refractivity (Wildman–Crippen MR) is 131 cm³/mol. The largest absolute Gasteiger partial charge is 0.508 e. The zero-order chi connectivity index (χ0) is 28.0. The lowest BCUT2D eigenvalue weighted by Crippen LogP contribution is -2.57. The van der Waals surface area contributed by atoms with Crippen LogP contribution in [0.3, 0.4) is 0 Å². The Morgan fingerprint density at radius 3 is 2.28 bits per heavy atom. The molecule has 2 saturated heterocycles. The molecule has 39 heavy (non-hydrogen) atoms. The number of benzene rings is 2. The summed E-state index contributed by atoms with van der Waals surface area (Å²) in [5.74, 6) is -0.407. The van der Waals surface area contributed by atoms with Crippen LogP contribution >= 0.6 is 0 Å². The predicted octanol–water partition coefficient (Wildman–Crippen LogP) is -1.15. The Hall–Kier alpha value is -3.11. The summed E-state index contributed by atoms with van der Waals surface area (Å²) in [6.45, 7) is -0.817. The molecular formula is C26H28O13.